The molecule has 0 saturated carbocycles. The first kappa shape index (κ1) is 18.0. The molecule has 1 fully saturated rings. The number of fused-ring (bicyclic) bond motifs is 1. The number of carbonyl (C=O) groups excluding carboxylic acids is 1. The first-order valence-corrected chi connectivity index (χ1v) is 9.64. The molecule has 0 unspecified atom stereocenters. The summed E-state index contributed by atoms with van der Waals surface area (Å²) in [5.74, 6) is 0.568. The van der Waals surface area contributed by atoms with E-state index in [9.17, 15) is 4.79 Å². The lowest BCUT2D eigenvalue weighted by Crippen LogP contribution is -2.43. The SMILES string of the molecule is Cc1cc(OCCN2CCOCC2=O)nn1-c1ccc2cc(Br)ccc2c1. The van der Waals surface area contributed by atoms with Crippen LogP contribution in [0.25, 0.3) is 16.5 Å². The van der Waals surface area contributed by atoms with Crippen LogP contribution in [0.15, 0.2) is 46.9 Å². The third-order valence-electron chi connectivity index (χ3n) is 4.59. The van der Waals surface area contributed by atoms with Crippen molar-refractivity contribution in [1.29, 1.82) is 0 Å². The van der Waals surface area contributed by atoms with Crippen molar-refractivity contribution < 1.29 is 14.3 Å². The number of ether oxygens (including phenoxy) is 2. The quantitative estimate of drug-likeness (QED) is 0.623. The zero-order valence-corrected chi connectivity index (χ0v) is 16.6. The number of aromatic nitrogens is 2. The van der Waals surface area contributed by atoms with Crippen molar-refractivity contribution in [1.82, 2.24) is 14.7 Å². The van der Waals surface area contributed by atoms with Gasteiger partial charge in [0.05, 0.1) is 18.8 Å². The van der Waals surface area contributed by atoms with Gasteiger partial charge < -0.3 is 14.4 Å². The Hall–Kier alpha value is -2.38. The molecule has 0 atom stereocenters. The Morgan fingerprint density at radius 2 is 2.00 bits per heavy atom. The molecule has 1 aromatic heterocycles. The van der Waals surface area contributed by atoms with Gasteiger partial charge in [-0.05, 0) is 42.0 Å². The van der Waals surface area contributed by atoms with E-state index >= 15 is 0 Å². The Bertz CT molecular complexity index is 986. The lowest BCUT2D eigenvalue weighted by atomic mass is 10.1. The van der Waals surface area contributed by atoms with E-state index in [1.54, 1.807) is 4.90 Å². The van der Waals surface area contributed by atoms with Crippen molar-refractivity contribution in [2.75, 3.05) is 32.9 Å². The van der Waals surface area contributed by atoms with Gasteiger partial charge in [0, 0.05) is 22.8 Å². The number of benzene rings is 2. The van der Waals surface area contributed by atoms with Crippen LogP contribution in [0.2, 0.25) is 0 Å². The fourth-order valence-corrected chi connectivity index (χ4v) is 3.54. The molecular formula is C20H20BrN3O3. The third-order valence-corrected chi connectivity index (χ3v) is 5.08. The molecule has 0 radical (unpaired) electrons. The predicted molar refractivity (Wildman–Crippen MR) is 106 cm³/mol. The Kier molecular flexibility index (Phi) is 5.13. The largest absolute Gasteiger partial charge is 0.475 e. The lowest BCUT2D eigenvalue weighted by Gasteiger charge is -2.26. The van der Waals surface area contributed by atoms with Gasteiger partial charge in [-0.25, -0.2) is 4.68 Å². The van der Waals surface area contributed by atoms with Crippen molar-refractivity contribution in [3.05, 3.63) is 52.6 Å². The smallest absolute Gasteiger partial charge is 0.248 e. The summed E-state index contributed by atoms with van der Waals surface area (Å²) >= 11 is 3.50. The lowest BCUT2D eigenvalue weighted by molar-refractivity contribution is -0.143. The Balaban J connectivity index is 1.46. The molecule has 27 heavy (non-hydrogen) atoms. The highest BCUT2D eigenvalue weighted by Crippen LogP contribution is 2.24. The van der Waals surface area contributed by atoms with Crippen LogP contribution in [0.4, 0.5) is 0 Å². The summed E-state index contributed by atoms with van der Waals surface area (Å²) in [5.41, 5.74) is 1.98. The number of hydrogen-bond acceptors (Lipinski definition) is 4. The van der Waals surface area contributed by atoms with Crippen LogP contribution in [0.3, 0.4) is 0 Å². The van der Waals surface area contributed by atoms with Gasteiger partial charge in [0.1, 0.15) is 13.2 Å². The average molecular weight is 430 g/mol. The van der Waals surface area contributed by atoms with Crippen LogP contribution >= 0.6 is 15.9 Å². The van der Waals surface area contributed by atoms with Gasteiger partial charge in [-0.1, -0.05) is 28.1 Å². The van der Waals surface area contributed by atoms with Gasteiger partial charge >= 0.3 is 0 Å². The minimum atomic E-state index is 0.00867. The topological polar surface area (TPSA) is 56.6 Å². The van der Waals surface area contributed by atoms with E-state index in [0.29, 0.717) is 32.2 Å². The van der Waals surface area contributed by atoms with Gasteiger partial charge in [0.15, 0.2) is 0 Å². The summed E-state index contributed by atoms with van der Waals surface area (Å²) in [7, 11) is 0. The first-order valence-electron chi connectivity index (χ1n) is 8.85. The molecule has 3 aromatic rings. The maximum atomic E-state index is 11.7. The predicted octanol–water partition coefficient (Wildman–Crippen LogP) is 3.33. The fraction of sp³-hybridized carbons (Fsp3) is 0.300. The van der Waals surface area contributed by atoms with E-state index < -0.39 is 0 Å². The van der Waals surface area contributed by atoms with E-state index in [0.717, 1.165) is 21.2 Å². The van der Waals surface area contributed by atoms with Crippen LogP contribution < -0.4 is 4.74 Å². The number of halogens is 1. The Morgan fingerprint density at radius 1 is 1.19 bits per heavy atom. The highest BCUT2D eigenvalue weighted by Gasteiger charge is 2.18. The summed E-state index contributed by atoms with van der Waals surface area (Å²) in [6, 6.07) is 14.4. The normalized spacial score (nSPS) is 14.7. The van der Waals surface area contributed by atoms with Gasteiger partial charge in [0.2, 0.25) is 11.8 Å². The van der Waals surface area contributed by atoms with Crippen LogP contribution in [0, 0.1) is 6.92 Å². The summed E-state index contributed by atoms with van der Waals surface area (Å²) in [4.78, 5) is 13.5. The molecule has 7 heteroatoms. The summed E-state index contributed by atoms with van der Waals surface area (Å²) < 4.78 is 13.8. The second kappa shape index (κ2) is 7.70. The second-order valence-electron chi connectivity index (χ2n) is 6.49. The van der Waals surface area contributed by atoms with Crippen LogP contribution in [-0.4, -0.2) is 53.5 Å². The molecule has 6 nitrogen and oxygen atoms in total. The molecule has 1 amide bonds. The van der Waals surface area contributed by atoms with Gasteiger partial charge in [-0.15, -0.1) is 5.10 Å². The summed E-state index contributed by atoms with van der Waals surface area (Å²) in [5, 5.41) is 6.89. The monoisotopic (exact) mass is 429 g/mol. The zero-order chi connectivity index (χ0) is 18.8. The standard InChI is InChI=1S/C20H20BrN3O3/c1-14-10-19(27-9-7-23-6-8-26-13-20(23)25)22-24(14)18-5-3-15-11-17(21)4-2-16(15)12-18/h2-5,10-12H,6-9,13H2,1H3. The molecule has 0 bridgehead atoms. The summed E-state index contributed by atoms with van der Waals surface area (Å²) in [6.07, 6.45) is 0. The fourth-order valence-electron chi connectivity index (χ4n) is 3.16. The van der Waals surface area contributed by atoms with Crippen LogP contribution in [0.5, 0.6) is 5.88 Å². The van der Waals surface area contributed by atoms with Gasteiger partial charge in [-0.2, -0.15) is 0 Å². The minimum Gasteiger partial charge on any atom is -0.475 e. The molecule has 1 aliphatic heterocycles. The van der Waals surface area contributed by atoms with Crippen molar-refractivity contribution in [3.8, 4) is 11.6 Å². The summed E-state index contributed by atoms with van der Waals surface area (Å²) in [6.45, 7) is 4.30. The van der Waals surface area contributed by atoms with Crippen molar-refractivity contribution in [2.24, 2.45) is 0 Å². The molecule has 2 heterocycles. The second-order valence-corrected chi connectivity index (χ2v) is 7.41. The number of amides is 1. The maximum absolute atomic E-state index is 11.7. The zero-order valence-electron chi connectivity index (χ0n) is 15.0. The van der Waals surface area contributed by atoms with Crippen molar-refractivity contribution >= 4 is 32.6 Å². The number of hydrogen-bond donors (Lipinski definition) is 0. The highest BCUT2D eigenvalue weighted by molar-refractivity contribution is 9.10. The molecule has 2 aromatic carbocycles. The average Bonchev–Trinajstić information content (AvgIpc) is 3.03. The molecule has 0 N–H and O–H groups in total. The molecular weight excluding hydrogens is 410 g/mol. The van der Waals surface area contributed by atoms with Gasteiger partial charge in [-0.3, -0.25) is 4.79 Å². The van der Waals surface area contributed by atoms with E-state index in [-0.39, 0.29) is 12.5 Å². The molecule has 1 saturated heterocycles. The Morgan fingerprint density at radius 3 is 2.85 bits per heavy atom. The van der Waals surface area contributed by atoms with Gasteiger partial charge in [0.25, 0.3) is 0 Å². The van der Waals surface area contributed by atoms with Crippen molar-refractivity contribution in [2.45, 2.75) is 6.92 Å². The number of rotatable bonds is 5. The molecule has 0 aliphatic carbocycles. The number of carbonyl (C=O) groups is 1. The van der Waals surface area contributed by atoms with Crippen LogP contribution in [-0.2, 0) is 9.53 Å². The first-order chi connectivity index (χ1) is 13.1. The number of aryl methyl sites for hydroxylation is 1. The highest BCUT2D eigenvalue weighted by atomic mass is 79.9. The van der Waals surface area contributed by atoms with E-state index in [4.69, 9.17) is 9.47 Å². The minimum absolute atomic E-state index is 0.00867. The molecule has 4 rings (SSSR count). The van der Waals surface area contributed by atoms with E-state index in [1.807, 2.05) is 29.8 Å². The number of nitrogens with zero attached hydrogens (tertiary/aromatic N) is 3. The van der Waals surface area contributed by atoms with E-state index in [1.165, 1.54) is 5.39 Å². The number of morpholine rings is 1. The Labute approximate surface area is 165 Å². The third kappa shape index (κ3) is 3.99. The van der Waals surface area contributed by atoms with E-state index in [2.05, 4.69) is 45.3 Å². The maximum Gasteiger partial charge on any atom is 0.248 e. The molecule has 0 spiro atoms. The molecule has 1 aliphatic rings. The van der Waals surface area contributed by atoms with Crippen molar-refractivity contribution in [3.63, 3.8) is 0 Å². The van der Waals surface area contributed by atoms with Crippen LogP contribution in [0.1, 0.15) is 5.69 Å². The molecule has 140 valence electrons.